The van der Waals surface area contributed by atoms with Gasteiger partial charge in [-0.3, -0.25) is 14.5 Å². The lowest BCUT2D eigenvalue weighted by Gasteiger charge is -2.09. The van der Waals surface area contributed by atoms with Crippen LogP contribution in [0.25, 0.3) is 11.4 Å². The zero-order valence-corrected chi connectivity index (χ0v) is 17.0. The molecule has 0 saturated carbocycles. The number of H-pyrrole nitrogens is 1. The average Bonchev–Trinajstić information content (AvgIpc) is 3.09. The van der Waals surface area contributed by atoms with Crippen molar-refractivity contribution >= 4 is 35.5 Å². The van der Waals surface area contributed by atoms with E-state index in [9.17, 15) is 9.59 Å². The molecule has 2 aromatic carbocycles. The molecular weight excluding hydrogens is 388 g/mol. The third-order valence-electron chi connectivity index (χ3n) is 4.28. The Morgan fingerprint density at radius 1 is 1.03 bits per heavy atom. The molecule has 0 atom stereocenters. The predicted molar refractivity (Wildman–Crippen MR) is 115 cm³/mol. The number of hydrogen-bond donors (Lipinski definition) is 4. The fourth-order valence-corrected chi connectivity index (χ4v) is 2.94. The molecule has 0 fully saturated rings. The summed E-state index contributed by atoms with van der Waals surface area (Å²) in [6.45, 7) is 2.42. The number of benzene rings is 2. The highest BCUT2D eigenvalue weighted by molar-refractivity contribution is 7.71. The molecule has 3 aromatic rings. The van der Waals surface area contributed by atoms with Crippen molar-refractivity contribution in [3.63, 3.8) is 0 Å². The van der Waals surface area contributed by atoms with Gasteiger partial charge in [0.15, 0.2) is 10.6 Å². The maximum atomic E-state index is 12.4. The van der Waals surface area contributed by atoms with Crippen molar-refractivity contribution in [1.29, 1.82) is 0 Å². The van der Waals surface area contributed by atoms with E-state index in [0.29, 0.717) is 28.5 Å². The van der Waals surface area contributed by atoms with E-state index < -0.39 is 0 Å². The first-order valence-electron chi connectivity index (χ1n) is 9.07. The van der Waals surface area contributed by atoms with E-state index in [1.807, 2.05) is 35.8 Å². The Hall–Kier alpha value is -3.46. The zero-order valence-electron chi connectivity index (χ0n) is 16.2. The summed E-state index contributed by atoms with van der Waals surface area (Å²) in [4.78, 5) is 23.7. The number of carbonyl (C=O) groups is 2. The Morgan fingerprint density at radius 3 is 2.28 bits per heavy atom. The number of anilines is 2. The van der Waals surface area contributed by atoms with E-state index in [1.54, 1.807) is 31.3 Å². The average molecular weight is 411 g/mol. The molecule has 4 N–H and O–H groups in total. The molecule has 0 bridgehead atoms. The van der Waals surface area contributed by atoms with Gasteiger partial charge in [0.05, 0.1) is 0 Å². The van der Waals surface area contributed by atoms with Gasteiger partial charge in [0, 0.05) is 37.0 Å². The number of aryl methyl sites for hydroxylation is 1. The summed E-state index contributed by atoms with van der Waals surface area (Å²) < 4.78 is 2.29. The van der Waals surface area contributed by atoms with E-state index in [-0.39, 0.29) is 18.4 Å². The minimum atomic E-state index is -0.303. The summed E-state index contributed by atoms with van der Waals surface area (Å²) in [6.07, 6.45) is 0.241. The molecule has 0 radical (unpaired) electrons. The fourth-order valence-electron chi connectivity index (χ4n) is 2.72. The summed E-state index contributed by atoms with van der Waals surface area (Å²) >= 11 is 5.31. The molecular formula is C20H22N6O2S. The van der Waals surface area contributed by atoms with Crippen molar-refractivity contribution in [2.75, 3.05) is 17.7 Å². The molecule has 8 nitrogen and oxygen atoms in total. The van der Waals surface area contributed by atoms with Gasteiger partial charge in [-0.15, -0.1) is 0 Å². The molecule has 0 spiro atoms. The molecule has 29 heavy (non-hydrogen) atoms. The SMILES string of the molecule is CNC(=O)Nc1ccc(NC(=O)CCn2c(-c3ccc(C)cc3)n[nH]c2=S)cc1. The van der Waals surface area contributed by atoms with Crippen molar-refractivity contribution in [3.8, 4) is 11.4 Å². The molecule has 0 unspecified atom stereocenters. The Kier molecular flexibility index (Phi) is 6.40. The van der Waals surface area contributed by atoms with Crippen LogP contribution in [0.3, 0.4) is 0 Å². The number of amides is 3. The maximum Gasteiger partial charge on any atom is 0.318 e. The monoisotopic (exact) mass is 410 g/mol. The van der Waals surface area contributed by atoms with Crippen LogP contribution in [-0.2, 0) is 11.3 Å². The van der Waals surface area contributed by atoms with Crippen LogP contribution in [0.15, 0.2) is 48.5 Å². The highest BCUT2D eigenvalue weighted by atomic mass is 32.1. The second-order valence-electron chi connectivity index (χ2n) is 6.45. The number of rotatable bonds is 6. The molecule has 0 aliphatic heterocycles. The number of nitrogens with one attached hydrogen (secondary N) is 4. The molecule has 0 saturated heterocycles. The van der Waals surface area contributed by atoms with E-state index in [2.05, 4.69) is 26.1 Å². The Labute approximate surface area is 173 Å². The minimum Gasteiger partial charge on any atom is -0.341 e. The Balaban J connectivity index is 1.61. The molecule has 1 aromatic heterocycles. The first-order chi connectivity index (χ1) is 14.0. The number of aromatic nitrogens is 3. The van der Waals surface area contributed by atoms with Crippen molar-refractivity contribution in [1.82, 2.24) is 20.1 Å². The van der Waals surface area contributed by atoms with Crippen molar-refractivity contribution < 1.29 is 9.59 Å². The van der Waals surface area contributed by atoms with Gasteiger partial charge < -0.3 is 16.0 Å². The first kappa shape index (κ1) is 20.3. The minimum absolute atomic E-state index is 0.144. The largest absolute Gasteiger partial charge is 0.341 e. The second-order valence-corrected chi connectivity index (χ2v) is 6.84. The first-order valence-corrected chi connectivity index (χ1v) is 9.48. The maximum absolute atomic E-state index is 12.4. The molecule has 150 valence electrons. The molecule has 0 aliphatic carbocycles. The van der Waals surface area contributed by atoms with E-state index in [1.165, 1.54) is 0 Å². The van der Waals surface area contributed by atoms with Crippen molar-refractivity contribution in [2.45, 2.75) is 19.9 Å². The number of nitrogens with zero attached hydrogens (tertiary/aromatic N) is 2. The van der Waals surface area contributed by atoms with Gasteiger partial charge in [-0.1, -0.05) is 29.8 Å². The zero-order chi connectivity index (χ0) is 20.8. The highest BCUT2D eigenvalue weighted by Gasteiger charge is 2.11. The lowest BCUT2D eigenvalue weighted by molar-refractivity contribution is -0.116. The third kappa shape index (κ3) is 5.29. The van der Waals surface area contributed by atoms with Crippen LogP contribution in [0.1, 0.15) is 12.0 Å². The number of hydrogen-bond acceptors (Lipinski definition) is 4. The summed E-state index contributed by atoms with van der Waals surface area (Å²) in [6, 6.07) is 14.5. The topological polar surface area (TPSA) is 104 Å². The van der Waals surface area contributed by atoms with Crippen LogP contribution in [-0.4, -0.2) is 33.8 Å². The van der Waals surface area contributed by atoms with Crippen LogP contribution >= 0.6 is 12.2 Å². The summed E-state index contributed by atoms with van der Waals surface area (Å²) in [7, 11) is 1.54. The smallest absolute Gasteiger partial charge is 0.318 e. The fraction of sp³-hybridized carbons (Fsp3) is 0.200. The van der Waals surface area contributed by atoms with Gasteiger partial charge in [-0.05, 0) is 43.4 Å². The van der Waals surface area contributed by atoms with Crippen molar-refractivity contribution in [2.24, 2.45) is 0 Å². The number of urea groups is 1. The van der Waals surface area contributed by atoms with Crippen molar-refractivity contribution in [3.05, 3.63) is 58.9 Å². The van der Waals surface area contributed by atoms with Crippen LogP contribution in [0.5, 0.6) is 0 Å². The Morgan fingerprint density at radius 2 is 1.66 bits per heavy atom. The van der Waals surface area contributed by atoms with Crippen LogP contribution in [0.4, 0.5) is 16.2 Å². The normalized spacial score (nSPS) is 10.4. The molecule has 1 heterocycles. The highest BCUT2D eigenvalue weighted by Crippen LogP contribution is 2.19. The van der Waals surface area contributed by atoms with Crippen LogP contribution in [0.2, 0.25) is 0 Å². The second kappa shape index (κ2) is 9.16. The lowest BCUT2D eigenvalue weighted by Crippen LogP contribution is -2.24. The van der Waals surface area contributed by atoms with Crippen LogP contribution in [0, 0.1) is 11.7 Å². The van der Waals surface area contributed by atoms with Gasteiger partial charge in [0.1, 0.15) is 0 Å². The van der Waals surface area contributed by atoms with E-state index in [0.717, 1.165) is 11.1 Å². The van der Waals surface area contributed by atoms with Gasteiger partial charge in [-0.25, -0.2) is 4.79 Å². The third-order valence-corrected chi connectivity index (χ3v) is 4.60. The summed E-state index contributed by atoms with van der Waals surface area (Å²) in [5, 5.41) is 15.1. The van der Waals surface area contributed by atoms with Gasteiger partial charge in [0.25, 0.3) is 0 Å². The summed E-state index contributed by atoms with van der Waals surface area (Å²) in [5.41, 5.74) is 3.37. The molecule has 0 aliphatic rings. The van der Waals surface area contributed by atoms with Crippen LogP contribution < -0.4 is 16.0 Å². The van der Waals surface area contributed by atoms with Gasteiger partial charge >= 0.3 is 6.03 Å². The quantitative estimate of drug-likeness (QED) is 0.465. The standard InChI is InChI=1S/C20H22N6O2S/c1-13-3-5-14(6-4-13)18-24-25-20(29)26(18)12-11-17(27)22-15-7-9-16(10-8-15)23-19(28)21-2/h3-10H,11-12H2,1-2H3,(H,22,27)(H,25,29)(H2,21,23,28). The summed E-state index contributed by atoms with van der Waals surface area (Å²) in [5.74, 6) is 0.558. The van der Waals surface area contributed by atoms with Gasteiger partial charge in [0.2, 0.25) is 5.91 Å². The number of carbonyl (C=O) groups excluding carboxylic acids is 2. The molecule has 3 rings (SSSR count). The molecule has 3 amide bonds. The van der Waals surface area contributed by atoms with Gasteiger partial charge in [-0.2, -0.15) is 5.10 Å². The number of aromatic amines is 1. The van der Waals surface area contributed by atoms with E-state index >= 15 is 0 Å². The van der Waals surface area contributed by atoms with E-state index in [4.69, 9.17) is 12.2 Å². The Bertz CT molecular complexity index is 1050. The molecule has 9 heteroatoms. The lowest BCUT2D eigenvalue weighted by atomic mass is 10.1. The predicted octanol–water partition coefficient (Wildman–Crippen LogP) is 3.70.